The van der Waals surface area contributed by atoms with Crippen molar-refractivity contribution in [2.24, 2.45) is 0 Å². The molecule has 0 radical (unpaired) electrons. The van der Waals surface area contributed by atoms with Crippen molar-refractivity contribution in [3.63, 3.8) is 0 Å². The summed E-state index contributed by atoms with van der Waals surface area (Å²) in [6, 6.07) is 2.19. The van der Waals surface area contributed by atoms with Crippen LogP contribution in [0.2, 0.25) is 0 Å². The summed E-state index contributed by atoms with van der Waals surface area (Å²) in [5.41, 5.74) is 3.31. The monoisotopic (exact) mass is 408 g/mol. The van der Waals surface area contributed by atoms with Gasteiger partial charge in [-0.25, -0.2) is 15.0 Å². The van der Waals surface area contributed by atoms with Crippen LogP contribution in [0.25, 0.3) is 5.78 Å². The number of anilines is 2. The highest BCUT2D eigenvalue weighted by atomic mass is 16.5. The van der Waals surface area contributed by atoms with Crippen molar-refractivity contribution < 1.29 is 4.74 Å². The van der Waals surface area contributed by atoms with Gasteiger partial charge in [0, 0.05) is 68.3 Å². The lowest BCUT2D eigenvalue weighted by Gasteiger charge is -2.37. The average molecular weight is 409 g/mol. The van der Waals surface area contributed by atoms with Crippen molar-refractivity contribution >= 4 is 17.4 Å². The van der Waals surface area contributed by atoms with Crippen LogP contribution in [0.4, 0.5) is 11.6 Å². The maximum Gasteiger partial charge on any atom is 0.254 e. The van der Waals surface area contributed by atoms with Crippen molar-refractivity contribution in [3.05, 3.63) is 35.2 Å². The smallest absolute Gasteiger partial charge is 0.254 e. The number of aromatic nitrogens is 6. The molecule has 9 nitrogen and oxygen atoms in total. The van der Waals surface area contributed by atoms with E-state index >= 15 is 0 Å². The van der Waals surface area contributed by atoms with Gasteiger partial charge in [-0.2, -0.15) is 14.6 Å². The van der Waals surface area contributed by atoms with Crippen LogP contribution >= 0.6 is 0 Å². The second kappa shape index (κ2) is 7.79. The van der Waals surface area contributed by atoms with E-state index < -0.39 is 0 Å². The third-order valence-electron chi connectivity index (χ3n) is 6.26. The van der Waals surface area contributed by atoms with Gasteiger partial charge in [0.2, 0.25) is 0 Å². The van der Waals surface area contributed by atoms with E-state index in [4.69, 9.17) is 14.7 Å². The van der Waals surface area contributed by atoms with Gasteiger partial charge in [-0.05, 0) is 33.6 Å². The van der Waals surface area contributed by atoms with Crippen molar-refractivity contribution in [2.45, 2.75) is 39.5 Å². The Bertz CT molecular complexity index is 1050. The Balaban J connectivity index is 1.36. The van der Waals surface area contributed by atoms with Crippen LogP contribution in [0.3, 0.4) is 0 Å². The van der Waals surface area contributed by atoms with E-state index in [-0.39, 0.29) is 0 Å². The van der Waals surface area contributed by atoms with Gasteiger partial charge in [0.15, 0.2) is 0 Å². The number of nitrogens with zero attached hydrogens (tertiary/aromatic N) is 8. The van der Waals surface area contributed by atoms with Gasteiger partial charge in [-0.3, -0.25) is 0 Å². The molecule has 30 heavy (non-hydrogen) atoms. The quantitative estimate of drug-likeness (QED) is 0.651. The molecular formula is C21H28N8O. The Labute approximate surface area is 176 Å². The van der Waals surface area contributed by atoms with Crippen LogP contribution in [0.1, 0.15) is 41.5 Å². The van der Waals surface area contributed by atoms with Crippen LogP contribution in [-0.2, 0) is 4.74 Å². The molecule has 2 aliphatic heterocycles. The summed E-state index contributed by atoms with van der Waals surface area (Å²) in [5.74, 6) is 4.11. The zero-order valence-electron chi connectivity index (χ0n) is 17.9. The number of hydrogen-bond donors (Lipinski definition) is 0. The highest BCUT2D eigenvalue weighted by Gasteiger charge is 2.25. The molecule has 0 aromatic carbocycles. The average Bonchev–Trinajstić information content (AvgIpc) is 3.23. The number of piperazine rings is 1. The molecule has 0 atom stereocenters. The van der Waals surface area contributed by atoms with Gasteiger partial charge in [0.25, 0.3) is 5.78 Å². The summed E-state index contributed by atoms with van der Waals surface area (Å²) in [7, 11) is 0. The first-order chi connectivity index (χ1) is 14.6. The second-order valence-electron chi connectivity index (χ2n) is 8.18. The first kappa shape index (κ1) is 19.2. The molecule has 2 saturated heterocycles. The molecule has 2 aliphatic rings. The predicted octanol–water partition coefficient (Wildman–Crippen LogP) is 2.06. The van der Waals surface area contributed by atoms with Gasteiger partial charge in [0.05, 0.1) is 0 Å². The predicted molar refractivity (Wildman–Crippen MR) is 114 cm³/mol. The third kappa shape index (κ3) is 3.47. The van der Waals surface area contributed by atoms with Gasteiger partial charge in [-0.15, -0.1) is 0 Å². The van der Waals surface area contributed by atoms with Crippen LogP contribution in [0, 0.1) is 20.8 Å². The fraction of sp³-hybridized carbons (Fsp3) is 0.571. The summed E-state index contributed by atoms with van der Waals surface area (Å²) in [5, 5.41) is 4.40. The van der Waals surface area contributed by atoms with Crippen molar-refractivity contribution in [3.8, 4) is 0 Å². The van der Waals surface area contributed by atoms with Gasteiger partial charge < -0.3 is 14.5 Å². The fourth-order valence-corrected chi connectivity index (χ4v) is 4.47. The van der Waals surface area contributed by atoms with Gasteiger partial charge in [0.1, 0.15) is 23.8 Å². The Morgan fingerprint density at radius 3 is 2.43 bits per heavy atom. The summed E-state index contributed by atoms with van der Waals surface area (Å²) >= 11 is 0. The lowest BCUT2D eigenvalue weighted by Crippen LogP contribution is -2.48. The maximum atomic E-state index is 5.52. The molecule has 5 heterocycles. The summed E-state index contributed by atoms with van der Waals surface area (Å²) in [4.78, 5) is 23.1. The van der Waals surface area contributed by atoms with Crippen molar-refractivity contribution in [2.75, 3.05) is 49.2 Å². The Kier molecular flexibility index (Phi) is 4.98. The Morgan fingerprint density at radius 1 is 0.933 bits per heavy atom. The Morgan fingerprint density at radius 2 is 1.67 bits per heavy atom. The van der Waals surface area contributed by atoms with Crippen LogP contribution in [0.15, 0.2) is 12.4 Å². The van der Waals surface area contributed by atoms with E-state index in [1.54, 1.807) is 6.33 Å². The molecule has 0 N–H and O–H groups in total. The summed E-state index contributed by atoms with van der Waals surface area (Å²) < 4.78 is 7.38. The van der Waals surface area contributed by atoms with Gasteiger partial charge in [-0.1, -0.05) is 0 Å². The third-order valence-corrected chi connectivity index (χ3v) is 6.26. The second-order valence-corrected chi connectivity index (χ2v) is 8.18. The zero-order valence-corrected chi connectivity index (χ0v) is 17.9. The lowest BCUT2D eigenvalue weighted by molar-refractivity contribution is 0.0844. The minimum atomic E-state index is 0.475. The van der Waals surface area contributed by atoms with Crippen LogP contribution < -0.4 is 9.80 Å². The fourth-order valence-electron chi connectivity index (χ4n) is 4.47. The minimum absolute atomic E-state index is 0.475. The van der Waals surface area contributed by atoms with Gasteiger partial charge >= 0.3 is 0 Å². The topological polar surface area (TPSA) is 84.6 Å². The molecule has 0 saturated carbocycles. The molecule has 0 bridgehead atoms. The van der Waals surface area contributed by atoms with E-state index in [9.17, 15) is 0 Å². The molecule has 158 valence electrons. The molecular weight excluding hydrogens is 380 g/mol. The molecule has 5 rings (SSSR count). The van der Waals surface area contributed by atoms with Crippen molar-refractivity contribution in [1.29, 1.82) is 0 Å². The lowest BCUT2D eigenvalue weighted by atomic mass is 9.96. The molecule has 3 aromatic heterocycles. The largest absolute Gasteiger partial charge is 0.381 e. The molecule has 3 aromatic rings. The maximum absolute atomic E-state index is 5.52. The standard InChI is InChI=1S/C21H28N8O/c1-14-15(2)24-21-22-13-23-29(21)20(14)28-8-6-27(7-9-28)19-12-18(25-16(3)26-19)17-4-10-30-11-5-17/h12-13,17H,4-11H2,1-3H3. The number of aryl methyl sites for hydroxylation is 2. The molecule has 0 amide bonds. The highest BCUT2D eigenvalue weighted by molar-refractivity contribution is 5.55. The first-order valence-corrected chi connectivity index (χ1v) is 10.7. The van der Waals surface area contributed by atoms with E-state index in [1.165, 1.54) is 0 Å². The van der Waals surface area contributed by atoms with Crippen LogP contribution in [-0.4, -0.2) is 68.9 Å². The molecule has 2 fully saturated rings. The molecule has 0 spiro atoms. The number of hydrogen-bond acceptors (Lipinski definition) is 8. The molecule has 0 unspecified atom stereocenters. The number of ether oxygens (including phenoxy) is 1. The Hall–Kier alpha value is -2.81. The number of rotatable bonds is 3. The van der Waals surface area contributed by atoms with E-state index in [0.717, 1.165) is 86.6 Å². The normalized spacial score (nSPS) is 18.4. The van der Waals surface area contributed by atoms with E-state index in [2.05, 4.69) is 37.9 Å². The SMILES string of the molecule is Cc1nc(C2CCOCC2)cc(N2CCN(c3c(C)c(C)nc4ncnn34)CC2)n1. The summed E-state index contributed by atoms with van der Waals surface area (Å²) in [6.07, 6.45) is 3.65. The molecule has 9 heteroatoms. The molecule has 0 aliphatic carbocycles. The highest BCUT2D eigenvalue weighted by Crippen LogP contribution is 2.29. The van der Waals surface area contributed by atoms with Crippen molar-refractivity contribution in [1.82, 2.24) is 29.5 Å². The summed E-state index contributed by atoms with van der Waals surface area (Å²) in [6.45, 7) is 11.4. The zero-order chi connectivity index (χ0) is 20.7. The first-order valence-electron chi connectivity index (χ1n) is 10.7. The van der Waals surface area contributed by atoms with E-state index in [1.807, 2.05) is 18.4 Å². The van der Waals surface area contributed by atoms with E-state index in [0.29, 0.717) is 11.7 Å². The number of fused-ring (bicyclic) bond motifs is 1. The van der Waals surface area contributed by atoms with Crippen LogP contribution in [0.5, 0.6) is 0 Å². The minimum Gasteiger partial charge on any atom is -0.381 e.